The van der Waals surface area contributed by atoms with Crippen LogP contribution in [0.4, 0.5) is 0 Å². The van der Waals surface area contributed by atoms with Crippen molar-refractivity contribution >= 4 is 19.3 Å². The molecule has 4 aromatic rings. The summed E-state index contributed by atoms with van der Waals surface area (Å²) in [6.07, 6.45) is 6.33. The zero-order valence-electron chi connectivity index (χ0n) is 25.6. The molecule has 3 aromatic carbocycles. The molecule has 8 nitrogen and oxygen atoms in total. The molecule has 1 atom stereocenters. The van der Waals surface area contributed by atoms with Crippen molar-refractivity contribution < 1.29 is 23.8 Å². The Morgan fingerprint density at radius 3 is 2.49 bits per heavy atom. The van der Waals surface area contributed by atoms with Gasteiger partial charge in [0.15, 0.2) is 17.9 Å². The van der Waals surface area contributed by atoms with Gasteiger partial charge < -0.3 is 19.0 Å². The number of aliphatic hydroxyl groups is 1. The Balaban J connectivity index is 0.00000400. The van der Waals surface area contributed by atoms with Gasteiger partial charge in [-0.15, -0.1) is 0 Å². The third kappa shape index (κ3) is 9.43. The van der Waals surface area contributed by atoms with Crippen LogP contribution in [0.5, 0.6) is 11.5 Å². The largest absolute Gasteiger partial charge is 0.490 e. The molecule has 2 aliphatic heterocycles. The van der Waals surface area contributed by atoms with Gasteiger partial charge in [-0.25, -0.2) is 4.98 Å². The number of ketones is 1. The van der Waals surface area contributed by atoms with Gasteiger partial charge in [-0.05, 0) is 78.8 Å². The van der Waals surface area contributed by atoms with Gasteiger partial charge in [-0.2, -0.15) is 13.5 Å². The number of rotatable bonds is 13. The van der Waals surface area contributed by atoms with Gasteiger partial charge in [0, 0.05) is 51.3 Å². The van der Waals surface area contributed by atoms with Gasteiger partial charge in [-0.3, -0.25) is 14.6 Å². The second-order valence-corrected chi connectivity index (χ2v) is 11.9. The summed E-state index contributed by atoms with van der Waals surface area (Å²) < 4.78 is 17.3. The van der Waals surface area contributed by atoms with Crippen LogP contribution in [-0.2, 0) is 26.1 Å². The molecule has 0 aliphatic carbocycles. The molecule has 2 aliphatic rings. The number of aliphatic hydroxyl groups excluding tert-OH is 1. The summed E-state index contributed by atoms with van der Waals surface area (Å²) in [4.78, 5) is 21.5. The monoisotopic (exact) mass is 629 g/mol. The number of ether oxygens (including phenoxy) is 2. The summed E-state index contributed by atoms with van der Waals surface area (Å²) in [5.41, 5.74) is 4.52. The molecule has 3 heterocycles. The molecule has 1 N–H and O–H groups in total. The minimum absolute atomic E-state index is 0. The lowest BCUT2D eigenvalue weighted by atomic mass is 9.98. The maximum absolute atomic E-state index is 12.9. The van der Waals surface area contributed by atoms with Crippen LogP contribution in [0.1, 0.15) is 58.5 Å². The average Bonchev–Trinajstić information content (AvgIpc) is 3.58. The van der Waals surface area contributed by atoms with Gasteiger partial charge in [0.25, 0.3) is 0 Å². The minimum atomic E-state index is -0.555. The maximum Gasteiger partial charge on any atom is 0.181 e. The van der Waals surface area contributed by atoms with E-state index in [0.717, 1.165) is 63.5 Å². The quantitative estimate of drug-likeness (QED) is 0.186. The molecule has 6 rings (SSSR count). The van der Waals surface area contributed by atoms with E-state index < -0.39 is 6.10 Å². The number of carbonyl (C=O) groups excluding carboxylic acids is 1. The van der Waals surface area contributed by atoms with Crippen molar-refractivity contribution in [3.63, 3.8) is 0 Å². The predicted octanol–water partition coefficient (Wildman–Crippen LogP) is 5.79. The zero-order valence-corrected chi connectivity index (χ0v) is 26.6. The Morgan fingerprint density at radius 2 is 1.73 bits per heavy atom. The normalized spacial score (nSPS) is 16.4. The summed E-state index contributed by atoms with van der Waals surface area (Å²) in [6, 6.07) is 24.2. The van der Waals surface area contributed by atoms with Crippen LogP contribution in [0.25, 0.3) is 0 Å². The van der Waals surface area contributed by atoms with E-state index in [1.807, 2.05) is 30.3 Å². The molecule has 0 bridgehead atoms. The number of Topliss-reactive ketones (excluding diaryl/α,β-unsaturated/α-hetero) is 1. The molecule has 238 valence electrons. The van der Waals surface area contributed by atoms with Crippen LogP contribution in [0.3, 0.4) is 0 Å². The molecule has 0 radical (unpaired) electrons. The minimum Gasteiger partial charge on any atom is -0.490 e. The predicted molar refractivity (Wildman–Crippen MR) is 178 cm³/mol. The molecule has 0 spiro atoms. The molecule has 45 heavy (non-hydrogen) atoms. The smallest absolute Gasteiger partial charge is 0.181 e. The van der Waals surface area contributed by atoms with Crippen LogP contribution in [0, 0.1) is 0 Å². The van der Waals surface area contributed by atoms with E-state index in [1.54, 1.807) is 6.20 Å². The summed E-state index contributed by atoms with van der Waals surface area (Å²) in [5.74, 6) is 2.36. The van der Waals surface area contributed by atoms with Gasteiger partial charge in [0.05, 0.1) is 12.3 Å². The van der Waals surface area contributed by atoms with Crippen molar-refractivity contribution in [3.8, 4) is 11.5 Å². The van der Waals surface area contributed by atoms with E-state index in [-0.39, 0.29) is 25.4 Å². The maximum atomic E-state index is 12.9. The van der Waals surface area contributed by atoms with E-state index in [9.17, 15) is 9.90 Å². The SMILES string of the molecule is O=C(CC[C@H](O)CN1CCc2cc(OCc3cnco3)ccc2C1)c1ccc(OC2CCN(Cc3ccccc3)CC2)cc1.S. The van der Waals surface area contributed by atoms with Crippen LogP contribution >= 0.6 is 13.5 Å². The first kappa shape index (κ1) is 32.8. The number of oxazole rings is 1. The highest BCUT2D eigenvalue weighted by Crippen LogP contribution is 2.25. The lowest BCUT2D eigenvalue weighted by Crippen LogP contribution is -2.37. The molecule has 0 unspecified atom stereocenters. The van der Waals surface area contributed by atoms with Gasteiger partial charge in [0.2, 0.25) is 0 Å². The third-order valence-corrected chi connectivity index (χ3v) is 8.57. The van der Waals surface area contributed by atoms with E-state index >= 15 is 0 Å². The number of fused-ring (bicyclic) bond motifs is 1. The second kappa shape index (κ2) is 16.1. The van der Waals surface area contributed by atoms with Crippen LogP contribution < -0.4 is 9.47 Å². The average molecular weight is 630 g/mol. The summed E-state index contributed by atoms with van der Waals surface area (Å²) in [7, 11) is 0. The number of aromatic nitrogens is 1. The second-order valence-electron chi connectivity index (χ2n) is 11.9. The van der Waals surface area contributed by atoms with Crippen LogP contribution in [-0.4, -0.2) is 64.1 Å². The van der Waals surface area contributed by atoms with Crippen molar-refractivity contribution in [2.45, 2.75) is 64.0 Å². The van der Waals surface area contributed by atoms with Gasteiger partial charge >= 0.3 is 0 Å². The number of β-amino-alcohol motifs (C(OH)–C–C–N with tert-alkyl or cyclic N) is 1. The van der Waals surface area contributed by atoms with Crippen molar-refractivity contribution in [2.75, 3.05) is 26.2 Å². The Labute approximate surface area is 272 Å². The van der Waals surface area contributed by atoms with E-state index in [1.165, 1.54) is 23.1 Å². The van der Waals surface area contributed by atoms with Crippen molar-refractivity contribution in [1.82, 2.24) is 14.8 Å². The first-order chi connectivity index (χ1) is 21.6. The standard InChI is InChI=1S/C36H41N3O5.H2S/c40-31(24-39-17-14-29-20-34(12-8-30(29)23-39)42-25-35-21-37-26-43-35)9-13-36(41)28-6-10-32(11-7-28)44-33-15-18-38(19-16-33)22-27-4-2-1-3-5-27;/h1-8,10-12,20-21,26,31,33,40H,9,13-19,22-25H2;1H2/t31-;/m0./s1. The first-order valence-electron chi connectivity index (χ1n) is 15.7. The number of benzene rings is 3. The molecule has 0 saturated carbocycles. The third-order valence-electron chi connectivity index (χ3n) is 8.57. The highest BCUT2D eigenvalue weighted by molar-refractivity contribution is 7.59. The lowest BCUT2D eigenvalue weighted by Gasteiger charge is -2.32. The molecule has 0 amide bonds. The fourth-order valence-electron chi connectivity index (χ4n) is 6.07. The first-order valence-corrected chi connectivity index (χ1v) is 15.7. The highest BCUT2D eigenvalue weighted by atomic mass is 32.1. The van der Waals surface area contributed by atoms with Crippen LogP contribution in [0.15, 0.2) is 89.8 Å². The molecule has 1 aromatic heterocycles. The Kier molecular flexibility index (Phi) is 11.7. The topological polar surface area (TPSA) is 88.3 Å². The van der Waals surface area contributed by atoms with Crippen molar-refractivity contribution in [3.05, 3.63) is 113 Å². The molecular formula is C36H43N3O5S. The Hall–Kier alpha value is -3.63. The summed E-state index contributed by atoms with van der Waals surface area (Å²) >= 11 is 0. The molecule has 9 heteroatoms. The van der Waals surface area contributed by atoms with E-state index in [0.29, 0.717) is 37.3 Å². The number of carbonyl (C=O) groups is 1. The number of piperidine rings is 1. The highest BCUT2D eigenvalue weighted by Gasteiger charge is 2.22. The number of hydrogen-bond acceptors (Lipinski definition) is 8. The number of nitrogens with zero attached hydrogens (tertiary/aromatic N) is 3. The molecule has 1 saturated heterocycles. The molecule has 1 fully saturated rings. The van der Waals surface area contributed by atoms with E-state index in [4.69, 9.17) is 13.9 Å². The fraction of sp³-hybridized carbons (Fsp3) is 0.389. The summed E-state index contributed by atoms with van der Waals surface area (Å²) in [5, 5.41) is 10.7. The van der Waals surface area contributed by atoms with Crippen molar-refractivity contribution in [1.29, 1.82) is 0 Å². The van der Waals surface area contributed by atoms with E-state index in [2.05, 4.69) is 57.2 Å². The lowest BCUT2D eigenvalue weighted by molar-refractivity contribution is 0.0836. The Morgan fingerprint density at radius 1 is 0.956 bits per heavy atom. The van der Waals surface area contributed by atoms with Gasteiger partial charge in [0.1, 0.15) is 24.2 Å². The number of hydrogen-bond donors (Lipinski definition) is 1. The Bertz CT molecular complexity index is 1470. The van der Waals surface area contributed by atoms with Gasteiger partial charge in [-0.1, -0.05) is 36.4 Å². The summed E-state index contributed by atoms with van der Waals surface area (Å²) in [6.45, 7) is 5.55. The van der Waals surface area contributed by atoms with Crippen molar-refractivity contribution in [2.24, 2.45) is 0 Å². The molecular weight excluding hydrogens is 586 g/mol. The van der Waals surface area contributed by atoms with Crippen LogP contribution in [0.2, 0.25) is 0 Å². The number of likely N-dealkylation sites (tertiary alicyclic amines) is 1. The fourth-order valence-corrected chi connectivity index (χ4v) is 6.07. The zero-order chi connectivity index (χ0) is 30.1.